The summed E-state index contributed by atoms with van der Waals surface area (Å²) in [6.45, 7) is 3.85. The zero-order chi connectivity index (χ0) is 22.9. The Morgan fingerprint density at radius 3 is 2.48 bits per heavy atom. The summed E-state index contributed by atoms with van der Waals surface area (Å²) in [7, 11) is 0. The first-order chi connectivity index (χ1) is 16.0. The van der Waals surface area contributed by atoms with E-state index in [0.29, 0.717) is 17.7 Å². The van der Waals surface area contributed by atoms with Crippen molar-refractivity contribution in [1.82, 2.24) is 4.57 Å². The smallest absolute Gasteiger partial charge is 0.340 e. The third kappa shape index (κ3) is 3.78. The lowest BCUT2D eigenvalue weighted by atomic mass is 10.0. The number of carbonyl (C=O) groups is 2. The van der Waals surface area contributed by atoms with Crippen LogP contribution in [-0.2, 0) is 21.0 Å². The second-order valence-corrected chi connectivity index (χ2v) is 7.88. The van der Waals surface area contributed by atoms with Gasteiger partial charge in [0.2, 0.25) is 0 Å². The number of oxime groups is 2. The van der Waals surface area contributed by atoms with Crippen LogP contribution in [0.1, 0.15) is 41.8 Å². The van der Waals surface area contributed by atoms with Crippen molar-refractivity contribution in [1.29, 1.82) is 0 Å². The number of hydrogen-bond donors (Lipinski definition) is 0. The minimum atomic E-state index is -0.478. The molecule has 0 saturated carbocycles. The standard InChI is InChI=1S/C26H21N3O4/c1-16(27-32-17(2)30)19-11-12-24-22(15-19)20-9-6-10-21-23(13-14-29(24)25(20)21)28-33-26(31)18-7-4-3-5-8-18/h3-12,15H,13-14H2,1-2H3/b27-16+,28-23+. The molecule has 1 aromatic heterocycles. The molecule has 7 heteroatoms. The molecule has 4 aromatic rings. The van der Waals surface area contributed by atoms with Crippen molar-refractivity contribution >= 4 is 45.2 Å². The van der Waals surface area contributed by atoms with E-state index >= 15 is 0 Å². The molecule has 0 unspecified atom stereocenters. The van der Waals surface area contributed by atoms with E-state index in [2.05, 4.69) is 33.1 Å². The lowest BCUT2D eigenvalue weighted by Gasteiger charge is -2.18. The van der Waals surface area contributed by atoms with Crippen LogP contribution in [0, 0.1) is 0 Å². The molecule has 5 rings (SSSR count). The van der Waals surface area contributed by atoms with Gasteiger partial charge in [0.05, 0.1) is 22.5 Å². The number of benzene rings is 3. The first kappa shape index (κ1) is 20.6. The fourth-order valence-electron chi connectivity index (χ4n) is 4.21. The molecule has 0 atom stereocenters. The van der Waals surface area contributed by atoms with Gasteiger partial charge in [-0.25, -0.2) is 9.59 Å². The minimum Gasteiger partial charge on any atom is -0.340 e. The molecular weight excluding hydrogens is 418 g/mol. The highest BCUT2D eigenvalue weighted by Gasteiger charge is 2.22. The van der Waals surface area contributed by atoms with E-state index in [1.54, 1.807) is 31.2 Å². The number of nitrogens with zero attached hydrogens (tertiary/aromatic N) is 3. The summed E-state index contributed by atoms with van der Waals surface area (Å²) < 4.78 is 2.26. The molecule has 33 heavy (non-hydrogen) atoms. The van der Waals surface area contributed by atoms with Gasteiger partial charge in [-0.05, 0) is 36.8 Å². The van der Waals surface area contributed by atoms with Gasteiger partial charge in [-0.3, -0.25) is 0 Å². The normalized spacial score (nSPS) is 14.6. The number of hydrogen-bond acceptors (Lipinski definition) is 6. The molecule has 0 aliphatic carbocycles. The number of fused-ring (bicyclic) bond motifs is 3. The first-order valence-electron chi connectivity index (χ1n) is 10.6. The number of aromatic nitrogens is 1. The van der Waals surface area contributed by atoms with Crippen molar-refractivity contribution in [3.05, 3.63) is 83.4 Å². The number of aryl methyl sites for hydroxylation is 1. The molecular formula is C26H21N3O4. The molecule has 0 bridgehead atoms. The van der Waals surface area contributed by atoms with Crippen LogP contribution in [0.5, 0.6) is 0 Å². The first-order valence-corrected chi connectivity index (χ1v) is 10.6. The van der Waals surface area contributed by atoms with E-state index in [9.17, 15) is 9.59 Å². The monoisotopic (exact) mass is 439 g/mol. The zero-order valence-corrected chi connectivity index (χ0v) is 18.2. The lowest BCUT2D eigenvalue weighted by Crippen LogP contribution is -2.16. The van der Waals surface area contributed by atoms with Gasteiger partial charge in [-0.2, -0.15) is 0 Å². The Balaban J connectivity index is 1.55. The summed E-state index contributed by atoms with van der Waals surface area (Å²) in [4.78, 5) is 33.5. The Kier molecular flexibility index (Phi) is 5.22. The summed E-state index contributed by atoms with van der Waals surface area (Å²) in [6.07, 6.45) is 0.645. The topological polar surface area (TPSA) is 82.2 Å². The van der Waals surface area contributed by atoms with E-state index in [1.165, 1.54) is 6.92 Å². The van der Waals surface area contributed by atoms with E-state index in [-0.39, 0.29) is 0 Å². The Morgan fingerprint density at radius 1 is 0.879 bits per heavy atom. The average Bonchev–Trinajstić information content (AvgIpc) is 3.17. The predicted molar refractivity (Wildman–Crippen MR) is 126 cm³/mol. The zero-order valence-electron chi connectivity index (χ0n) is 18.2. The van der Waals surface area contributed by atoms with Gasteiger partial charge >= 0.3 is 11.9 Å². The number of para-hydroxylation sites is 1. The largest absolute Gasteiger partial charge is 0.365 e. The Morgan fingerprint density at radius 2 is 1.70 bits per heavy atom. The molecule has 0 saturated heterocycles. The summed E-state index contributed by atoms with van der Waals surface area (Å²) in [5.41, 5.74) is 5.80. The van der Waals surface area contributed by atoms with Crippen LogP contribution in [-0.4, -0.2) is 27.9 Å². The summed E-state index contributed by atoms with van der Waals surface area (Å²) in [6, 6.07) is 21.0. The van der Waals surface area contributed by atoms with Crippen molar-refractivity contribution in [3.8, 4) is 0 Å². The fourth-order valence-corrected chi connectivity index (χ4v) is 4.21. The molecule has 3 aromatic carbocycles. The second-order valence-electron chi connectivity index (χ2n) is 7.88. The van der Waals surface area contributed by atoms with Gasteiger partial charge in [-0.15, -0.1) is 0 Å². The molecule has 1 aliphatic rings. The van der Waals surface area contributed by atoms with Crippen molar-refractivity contribution in [2.45, 2.75) is 26.8 Å². The lowest BCUT2D eigenvalue weighted by molar-refractivity contribution is -0.140. The molecule has 1 aliphatic heterocycles. The molecule has 2 heterocycles. The van der Waals surface area contributed by atoms with Gasteiger partial charge in [-0.1, -0.05) is 52.8 Å². The molecule has 0 radical (unpaired) electrons. The Hall–Kier alpha value is -4.26. The maximum atomic E-state index is 12.3. The maximum Gasteiger partial charge on any atom is 0.365 e. The summed E-state index contributed by atoms with van der Waals surface area (Å²) in [5.74, 6) is -0.934. The predicted octanol–water partition coefficient (Wildman–Crippen LogP) is 5.05. The van der Waals surface area contributed by atoms with E-state index in [0.717, 1.165) is 45.2 Å². The maximum absolute atomic E-state index is 12.3. The van der Waals surface area contributed by atoms with E-state index < -0.39 is 11.9 Å². The third-order valence-corrected chi connectivity index (χ3v) is 5.74. The van der Waals surface area contributed by atoms with Crippen LogP contribution < -0.4 is 0 Å². The van der Waals surface area contributed by atoms with Crippen molar-refractivity contribution in [2.24, 2.45) is 10.3 Å². The molecule has 7 nitrogen and oxygen atoms in total. The molecule has 0 N–H and O–H groups in total. The Bertz CT molecular complexity index is 1470. The van der Waals surface area contributed by atoms with Gasteiger partial charge < -0.3 is 14.2 Å². The van der Waals surface area contributed by atoms with Crippen LogP contribution in [0.15, 0.2) is 77.0 Å². The van der Waals surface area contributed by atoms with Gasteiger partial charge in [0.1, 0.15) is 0 Å². The summed E-state index contributed by atoms with van der Waals surface area (Å²) in [5, 5.41) is 10.3. The van der Waals surface area contributed by atoms with Crippen LogP contribution in [0.25, 0.3) is 21.8 Å². The molecule has 0 fully saturated rings. The highest BCUT2D eigenvalue weighted by molar-refractivity contribution is 6.19. The van der Waals surface area contributed by atoms with Crippen LogP contribution in [0.4, 0.5) is 0 Å². The Labute approximate surface area is 189 Å². The van der Waals surface area contributed by atoms with E-state index in [4.69, 9.17) is 9.68 Å². The molecule has 164 valence electrons. The van der Waals surface area contributed by atoms with Crippen LogP contribution in [0.2, 0.25) is 0 Å². The van der Waals surface area contributed by atoms with Crippen molar-refractivity contribution in [2.75, 3.05) is 0 Å². The number of carbonyl (C=O) groups excluding carboxylic acids is 2. The number of rotatable bonds is 4. The molecule has 0 amide bonds. The van der Waals surface area contributed by atoms with E-state index in [1.807, 2.05) is 24.3 Å². The van der Waals surface area contributed by atoms with Crippen molar-refractivity contribution < 1.29 is 19.3 Å². The minimum absolute atomic E-state index is 0.456. The second kappa shape index (κ2) is 8.35. The van der Waals surface area contributed by atoms with Gasteiger partial charge in [0.25, 0.3) is 0 Å². The SMILES string of the molecule is CC(=O)O/N=C(\C)c1ccc2c(c1)c1cccc3c1n2CC/C3=N\OC(=O)c1ccccc1. The van der Waals surface area contributed by atoms with Crippen LogP contribution >= 0.6 is 0 Å². The average molecular weight is 439 g/mol. The van der Waals surface area contributed by atoms with Crippen molar-refractivity contribution in [3.63, 3.8) is 0 Å². The van der Waals surface area contributed by atoms with Gasteiger partial charge in [0, 0.05) is 41.7 Å². The molecule has 0 spiro atoms. The third-order valence-electron chi connectivity index (χ3n) is 5.74. The highest BCUT2D eigenvalue weighted by atomic mass is 16.7. The quantitative estimate of drug-likeness (QED) is 0.253. The van der Waals surface area contributed by atoms with Gasteiger partial charge in [0.15, 0.2) is 0 Å². The fraction of sp³-hybridized carbons (Fsp3) is 0.154. The van der Waals surface area contributed by atoms with Crippen LogP contribution in [0.3, 0.4) is 0 Å². The summed E-state index contributed by atoms with van der Waals surface area (Å²) >= 11 is 0. The highest BCUT2D eigenvalue weighted by Crippen LogP contribution is 2.35.